The van der Waals surface area contributed by atoms with E-state index in [1.54, 1.807) is 53.1 Å². The Hall–Kier alpha value is -2.63. The lowest BCUT2D eigenvalue weighted by Gasteiger charge is -2.28. The SMILES string of the molecule is COc1c(C)cnc(CN(C(=O)OC(C)(C)C)c2ccc(F)c(C)c2)c1C. The van der Waals surface area contributed by atoms with Gasteiger partial charge in [-0.2, -0.15) is 0 Å². The van der Waals surface area contributed by atoms with Crippen LogP contribution < -0.4 is 9.64 Å². The van der Waals surface area contributed by atoms with E-state index < -0.39 is 11.7 Å². The normalized spacial score (nSPS) is 11.3. The first-order valence-corrected chi connectivity index (χ1v) is 8.79. The second-order valence-corrected chi connectivity index (χ2v) is 7.55. The van der Waals surface area contributed by atoms with Crippen LogP contribution in [0, 0.1) is 26.6 Å². The van der Waals surface area contributed by atoms with Gasteiger partial charge in [0.15, 0.2) is 0 Å². The van der Waals surface area contributed by atoms with Crippen molar-refractivity contribution >= 4 is 11.8 Å². The third-order valence-corrected chi connectivity index (χ3v) is 4.12. The number of carbonyl (C=O) groups is 1. The van der Waals surface area contributed by atoms with E-state index in [1.165, 1.54) is 11.0 Å². The number of hydrogen-bond donors (Lipinski definition) is 0. The summed E-state index contributed by atoms with van der Waals surface area (Å²) in [5.41, 5.74) is 2.80. The number of halogens is 1. The molecule has 0 saturated carbocycles. The molecule has 27 heavy (non-hydrogen) atoms. The molecule has 0 aliphatic rings. The second-order valence-electron chi connectivity index (χ2n) is 7.55. The lowest BCUT2D eigenvalue weighted by Crippen LogP contribution is -2.37. The number of aryl methyl sites for hydroxylation is 2. The zero-order valence-electron chi connectivity index (χ0n) is 17.0. The van der Waals surface area contributed by atoms with Crippen molar-refractivity contribution in [2.45, 2.75) is 53.7 Å². The van der Waals surface area contributed by atoms with Gasteiger partial charge in [-0.1, -0.05) is 0 Å². The van der Waals surface area contributed by atoms with Crippen LogP contribution in [0.2, 0.25) is 0 Å². The van der Waals surface area contributed by atoms with Gasteiger partial charge < -0.3 is 9.47 Å². The molecule has 1 amide bonds. The molecular formula is C21H27FN2O3. The van der Waals surface area contributed by atoms with Gasteiger partial charge >= 0.3 is 6.09 Å². The number of ether oxygens (including phenoxy) is 2. The Morgan fingerprint density at radius 1 is 1.19 bits per heavy atom. The van der Waals surface area contributed by atoms with Gasteiger partial charge in [-0.3, -0.25) is 9.88 Å². The van der Waals surface area contributed by atoms with Crippen LogP contribution >= 0.6 is 0 Å². The molecule has 2 aromatic rings. The second kappa shape index (κ2) is 7.94. The summed E-state index contributed by atoms with van der Waals surface area (Å²) in [4.78, 5) is 18.8. The molecule has 2 rings (SSSR count). The largest absolute Gasteiger partial charge is 0.496 e. The highest BCUT2D eigenvalue weighted by atomic mass is 19.1. The number of pyridine rings is 1. The van der Waals surface area contributed by atoms with Gasteiger partial charge in [-0.15, -0.1) is 0 Å². The predicted molar refractivity (Wildman–Crippen MR) is 104 cm³/mol. The first-order chi connectivity index (χ1) is 12.5. The highest BCUT2D eigenvalue weighted by Crippen LogP contribution is 2.28. The van der Waals surface area contributed by atoms with Crippen molar-refractivity contribution in [2.75, 3.05) is 12.0 Å². The highest BCUT2D eigenvalue weighted by Gasteiger charge is 2.25. The first kappa shape index (κ1) is 20.7. The summed E-state index contributed by atoms with van der Waals surface area (Å²) >= 11 is 0. The zero-order valence-corrected chi connectivity index (χ0v) is 17.0. The Bertz CT molecular complexity index is 844. The zero-order chi connectivity index (χ0) is 20.4. The van der Waals surface area contributed by atoms with E-state index in [0.29, 0.717) is 16.9 Å². The van der Waals surface area contributed by atoms with Crippen molar-refractivity contribution in [3.63, 3.8) is 0 Å². The Morgan fingerprint density at radius 2 is 1.85 bits per heavy atom. The summed E-state index contributed by atoms with van der Waals surface area (Å²) in [6, 6.07) is 4.53. The monoisotopic (exact) mass is 374 g/mol. The van der Waals surface area contributed by atoms with Crippen LogP contribution in [-0.4, -0.2) is 23.8 Å². The van der Waals surface area contributed by atoms with Crippen LogP contribution in [0.15, 0.2) is 24.4 Å². The van der Waals surface area contributed by atoms with Crippen molar-refractivity contribution in [2.24, 2.45) is 0 Å². The number of anilines is 1. The molecule has 1 aromatic heterocycles. The summed E-state index contributed by atoms with van der Waals surface area (Å²) in [5, 5.41) is 0. The number of amides is 1. The van der Waals surface area contributed by atoms with Gasteiger partial charge in [0.25, 0.3) is 0 Å². The van der Waals surface area contributed by atoms with Gasteiger partial charge in [0, 0.05) is 23.0 Å². The molecule has 0 spiro atoms. The lowest BCUT2D eigenvalue weighted by molar-refractivity contribution is 0.0577. The van der Waals surface area contributed by atoms with Crippen LogP contribution in [0.25, 0.3) is 0 Å². The molecule has 1 aromatic carbocycles. The highest BCUT2D eigenvalue weighted by molar-refractivity contribution is 5.88. The number of aromatic nitrogens is 1. The van der Waals surface area contributed by atoms with Crippen molar-refractivity contribution < 1.29 is 18.7 Å². The molecule has 0 aliphatic heterocycles. The van der Waals surface area contributed by atoms with E-state index in [-0.39, 0.29) is 12.4 Å². The van der Waals surface area contributed by atoms with E-state index in [1.807, 2.05) is 13.8 Å². The molecule has 0 atom stereocenters. The summed E-state index contributed by atoms with van der Waals surface area (Å²) in [6.45, 7) is 11.1. The summed E-state index contributed by atoms with van der Waals surface area (Å²) in [5.74, 6) is 0.411. The first-order valence-electron chi connectivity index (χ1n) is 8.79. The van der Waals surface area contributed by atoms with Crippen LogP contribution in [0.1, 0.15) is 43.2 Å². The van der Waals surface area contributed by atoms with E-state index in [0.717, 1.165) is 16.9 Å². The van der Waals surface area contributed by atoms with Gasteiger partial charge in [0.1, 0.15) is 17.2 Å². The lowest BCUT2D eigenvalue weighted by atomic mass is 10.1. The molecule has 0 N–H and O–H groups in total. The molecule has 0 fully saturated rings. The third-order valence-electron chi connectivity index (χ3n) is 4.12. The van der Waals surface area contributed by atoms with E-state index in [4.69, 9.17) is 9.47 Å². The third kappa shape index (κ3) is 4.96. The molecule has 146 valence electrons. The molecule has 5 nitrogen and oxygen atoms in total. The summed E-state index contributed by atoms with van der Waals surface area (Å²) in [7, 11) is 1.61. The van der Waals surface area contributed by atoms with Crippen molar-refractivity contribution in [3.05, 3.63) is 52.6 Å². The number of rotatable bonds is 4. The fraction of sp³-hybridized carbons (Fsp3) is 0.429. The Kier molecular flexibility index (Phi) is 6.08. The molecule has 0 radical (unpaired) electrons. The average molecular weight is 374 g/mol. The molecule has 0 aliphatic carbocycles. The molecule has 0 bridgehead atoms. The van der Waals surface area contributed by atoms with Gasteiger partial charge in [-0.25, -0.2) is 9.18 Å². The fourth-order valence-corrected chi connectivity index (χ4v) is 2.76. The van der Waals surface area contributed by atoms with Gasteiger partial charge in [-0.05, 0) is 65.3 Å². The topological polar surface area (TPSA) is 51.7 Å². The maximum absolute atomic E-state index is 13.7. The molecule has 0 unspecified atom stereocenters. The Balaban J connectivity index is 2.47. The van der Waals surface area contributed by atoms with Crippen LogP contribution in [0.5, 0.6) is 5.75 Å². The molecular weight excluding hydrogens is 347 g/mol. The molecule has 0 saturated heterocycles. The standard InChI is InChI=1S/C21H27FN2O3/c1-13-10-16(8-9-17(13)22)24(20(25)27-21(4,5)6)12-18-15(3)19(26-7)14(2)11-23-18/h8-11H,12H2,1-7H3. The number of hydrogen-bond acceptors (Lipinski definition) is 4. The summed E-state index contributed by atoms with van der Waals surface area (Å²) in [6.07, 6.45) is 1.19. The minimum atomic E-state index is -0.655. The van der Waals surface area contributed by atoms with Gasteiger partial charge in [0.05, 0.1) is 19.3 Å². The van der Waals surface area contributed by atoms with Crippen molar-refractivity contribution in [3.8, 4) is 5.75 Å². The minimum Gasteiger partial charge on any atom is -0.496 e. The summed E-state index contributed by atoms with van der Waals surface area (Å²) < 4.78 is 24.7. The number of carbonyl (C=O) groups excluding carboxylic acids is 1. The van der Waals surface area contributed by atoms with E-state index in [9.17, 15) is 9.18 Å². The average Bonchev–Trinajstić information content (AvgIpc) is 2.56. The van der Waals surface area contributed by atoms with E-state index in [2.05, 4.69) is 4.98 Å². The van der Waals surface area contributed by atoms with Crippen LogP contribution in [-0.2, 0) is 11.3 Å². The fourth-order valence-electron chi connectivity index (χ4n) is 2.76. The molecule has 6 heteroatoms. The molecule has 1 heterocycles. The Morgan fingerprint density at radius 3 is 2.41 bits per heavy atom. The van der Waals surface area contributed by atoms with Crippen molar-refractivity contribution in [1.29, 1.82) is 0 Å². The van der Waals surface area contributed by atoms with E-state index >= 15 is 0 Å². The van der Waals surface area contributed by atoms with Crippen LogP contribution in [0.4, 0.5) is 14.9 Å². The minimum absolute atomic E-state index is 0.183. The van der Waals surface area contributed by atoms with Gasteiger partial charge in [0.2, 0.25) is 0 Å². The quantitative estimate of drug-likeness (QED) is 0.747. The number of benzene rings is 1. The smallest absolute Gasteiger partial charge is 0.415 e. The van der Waals surface area contributed by atoms with Crippen LogP contribution in [0.3, 0.4) is 0 Å². The Labute approximate surface area is 160 Å². The predicted octanol–water partition coefficient (Wildman–Crippen LogP) is 5.10. The maximum Gasteiger partial charge on any atom is 0.415 e. The van der Waals surface area contributed by atoms with Crippen molar-refractivity contribution in [1.82, 2.24) is 4.98 Å². The maximum atomic E-state index is 13.7. The number of nitrogens with zero attached hydrogens (tertiary/aromatic N) is 2. The number of methoxy groups -OCH3 is 1.